The third kappa shape index (κ3) is 1.93. The molecule has 4 heteroatoms. The molecule has 1 saturated heterocycles. The van der Waals surface area contributed by atoms with Crippen LogP contribution < -0.4 is 5.32 Å². The van der Waals surface area contributed by atoms with E-state index in [1.165, 1.54) is 0 Å². The van der Waals surface area contributed by atoms with Crippen molar-refractivity contribution in [1.29, 1.82) is 0 Å². The van der Waals surface area contributed by atoms with Crippen molar-refractivity contribution in [2.75, 3.05) is 6.54 Å². The van der Waals surface area contributed by atoms with E-state index in [-0.39, 0.29) is 5.82 Å². The van der Waals surface area contributed by atoms with Crippen LogP contribution in [-0.2, 0) is 0 Å². The summed E-state index contributed by atoms with van der Waals surface area (Å²) in [7, 11) is 0. The van der Waals surface area contributed by atoms with Gasteiger partial charge in [-0.1, -0.05) is 6.07 Å². The van der Waals surface area contributed by atoms with Crippen LogP contribution in [0, 0.1) is 12.7 Å². The highest BCUT2D eigenvalue weighted by Crippen LogP contribution is 2.26. The highest BCUT2D eigenvalue weighted by molar-refractivity contribution is 5.38. The smallest absolute Gasteiger partial charge is 0.147 e. The molecule has 1 aromatic heterocycles. The van der Waals surface area contributed by atoms with Gasteiger partial charge in [0.2, 0.25) is 0 Å². The molecule has 1 aromatic carbocycles. The summed E-state index contributed by atoms with van der Waals surface area (Å²) in [6, 6.07) is 5.77. The van der Waals surface area contributed by atoms with Crippen molar-refractivity contribution in [1.82, 2.24) is 14.9 Å². The minimum absolute atomic E-state index is 0.192. The van der Waals surface area contributed by atoms with E-state index >= 15 is 0 Å². The topological polar surface area (TPSA) is 29.9 Å². The van der Waals surface area contributed by atoms with Crippen LogP contribution in [0.15, 0.2) is 30.6 Å². The zero-order chi connectivity index (χ0) is 12.5. The van der Waals surface area contributed by atoms with Gasteiger partial charge in [0.05, 0.1) is 5.69 Å². The second-order valence-electron chi connectivity index (χ2n) is 4.70. The zero-order valence-electron chi connectivity index (χ0n) is 10.4. The number of aryl methyl sites for hydroxylation is 1. The molecule has 94 valence electrons. The number of benzene rings is 1. The van der Waals surface area contributed by atoms with Crippen molar-refractivity contribution in [3.05, 3.63) is 47.8 Å². The number of imidazole rings is 1. The first-order chi connectivity index (χ1) is 8.75. The lowest BCUT2D eigenvalue weighted by molar-refractivity contribution is 0.598. The van der Waals surface area contributed by atoms with E-state index < -0.39 is 0 Å². The van der Waals surface area contributed by atoms with Crippen LogP contribution in [0.4, 0.5) is 4.39 Å². The molecule has 0 bridgehead atoms. The van der Waals surface area contributed by atoms with Gasteiger partial charge in [0.1, 0.15) is 11.6 Å². The summed E-state index contributed by atoms with van der Waals surface area (Å²) in [5.74, 6) is 0.600. The number of hydrogen-bond donors (Lipinski definition) is 1. The van der Waals surface area contributed by atoms with E-state index in [1.807, 2.05) is 19.1 Å². The predicted molar refractivity (Wildman–Crippen MR) is 68.2 cm³/mol. The molecule has 1 aliphatic heterocycles. The minimum Gasteiger partial charge on any atom is -0.310 e. The maximum absolute atomic E-state index is 14.2. The van der Waals surface area contributed by atoms with Crippen molar-refractivity contribution < 1.29 is 4.39 Å². The Labute approximate surface area is 106 Å². The molecular weight excluding hydrogens is 229 g/mol. The average molecular weight is 245 g/mol. The van der Waals surface area contributed by atoms with Crippen molar-refractivity contribution in [3.63, 3.8) is 0 Å². The Morgan fingerprint density at radius 3 is 2.94 bits per heavy atom. The first-order valence-electron chi connectivity index (χ1n) is 6.29. The van der Waals surface area contributed by atoms with E-state index in [2.05, 4.69) is 10.3 Å². The lowest BCUT2D eigenvalue weighted by Gasteiger charge is -2.13. The molecule has 0 radical (unpaired) electrons. The van der Waals surface area contributed by atoms with Gasteiger partial charge >= 0.3 is 0 Å². The Kier molecular flexibility index (Phi) is 2.88. The Morgan fingerprint density at radius 1 is 1.44 bits per heavy atom. The number of nitrogens with zero attached hydrogens (tertiary/aromatic N) is 2. The molecule has 3 nitrogen and oxygen atoms in total. The summed E-state index contributed by atoms with van der Waals surface area (Å²) in [4.78, 5) is 4.12. The molecule has 0 saturated carbocycles. The molecule has 0 spiro atoms. The summed E-state index contributed by atoms with van der Waals surface area (Å²) in [6.45, 7) is 2.89. The molecular formula is C14H16FN3. The van der Waals surface area contributed by atoms with E-state index in [9.17, 15) is 4.39 Å². The molecule has 1 aliphatic rings. The Bertz CT molecular complexity index is 556. The first kappa shape index (κ1) is 11.4. The highest BCUT2D eigenvalue weighted by atomic mass is 19.1. The largest absolute Gasteiger partial charge is 0.310 e. The second kappa shape index (κ2) is 4.53. The van der Waals surface area contributed by atoms with Gasteiger partial charge < -0.3 is 9.88 Å². The van der Waals surface area contributed by atoms with E-state index in [4.69, 9.17) is 0 Å². The van der Waals surface area contributed by atoms with Gasteiger partial charge in [0.15, 0.2) is 0 Å². The fraction of sp³-hybridized carbons (Fsp3) is 0.357. The lowest BCUT2D eigenvalue weighted by Crippen LogP contribution is -2.13. The zero-order valence-corrected chi connectivity index (χ0v) is 10.4. The maximum atomic E-state index is 14.2. The Morgan fingerprint density at radius 2 is 2.33 bits per heavy atom. The number of nitrogens with one attached hydrogen (secondary N) is 1. The molecule has 2 aromatic rings. The standard InChI is InChI=1S/C14H16FN3/c1-10-16-7-8-18(10)14-5-4-11(9-12(14)15)13-3-2-6-17-13/h4-5,7-9,13,17H,2-3,6H2,1H3. The summed E-state index contributed by atoms with van der Waals surface area (Å²) in [6.07, 6.45) is 5.71. The molecule has 3 rings (SSSR count). The fourth-order valence-electron chi connectivity index (χ4n) is 2.54. The summed E-state index contributed by atoms with van der Waals surface area (Å²) < 4.78 is 15.9. The molecule has 1 fully saturated rings. The van der Waals surface area contributed by atoms with Crippen molar-refractivity contribution in [2.24, 2.45) is 0 Å². The maximum Gasteiger partial charge on any atom is 0.147 e. The van der Waals surface area contributed by atoms with E-state index in [0.29, 0.717) is 11.7 Å². The van der Waals surface area contributed by atoms with Crippen LogP contribution in [0.5, 0.6) is 0 Å². The fourth-order valence-corrected chi connectivity index (χ4v) is 2.54. The van der Waals surface area contributed by atoms with Crippen molar-refractivity contribution in [3.8, 4) is 5.69 Å². The van der Waals surface area contributed by atoms with E-state index in [0.717, 1.165) is 30.8 Å². The lowest BCUT2D eigenvalue weighted by atomic mass is 10.0. The van der Waals surface area contributed by atoms with Crippen LogP contribution in [0.1, 0.15) is 30.3 Å². The minimum atomic E-state index is -0.192. The summed E-state index contributed by atoms with van der Waals surface area (Å²) in [5.41, 5.74) is 1.60. The van der Waals surface area contributed by atoms with Gasteiger partial charge in [-0.3, -0.25) is 0 Å². The number of halogens is 1. The Hall–Kier alpha value is -1.68. The second-order valence-corrected chi connectivity index (χ2v) is 4.70. The van der Waals surface area contributed by atoms with Crippen LogP contribution in [0.25, 0.3) is 5.69 Å². The Balaban J connectivity index is 1.96. The van der Waals surface area contributed by atoms with Crippen LogP contribution in [-0.4, -0.2) is 16.1 Å². The van der Waals surface area contributed by atoms with Gasteiger partial charge in [-0.05, 0) is 44.0 Å². The van der Waals surface area contributed by atoms with Gasteiger partial charge in [-0.2, -0.15) is 0 Å². The highest BCUT2D eigenvalue weighted by Gasteiger charge is 2.17. The summed E-state index contributed by atoms with van der Waals surface area (Å²) in [5, 5.41) is 3.38. The molecule has 1 unspecified atom stereocenters. The molecule has 1 N–H and O–H groups in total. The summed E-state index contributed by atoms with van der Waals surface area (Å²) >= 11 is 0. The normalized spacial score (nSPS) is 19.3. The third-order valence-electron chi connectivity index (χ3n) is 3.52. The predicted octanol–water partition coefficient (Wildman–Crippen LogP) is 2.74. The number of hydrogen-bond acceptors (Lipinski definition) is 2. The van der Waals surface area contributed by atoms with Crippen molar-refractivity contribution >= 4 is 0 Å². The van der Waals surface area contributed by atoms with Gasteiger partial charge in [-0.15, -0.1) is 0 Å². The van der Waals surface area contributed by atoms with Gasteiger partial charge in [-0.25, -0.2) is 9.37 Å². The van der Waals surface area contributed by atoms with Gasteiger partial charge in [0.25, 0.3) is 0 Å². The monoisotopic (exact) mass is 245 g/mol. The molecule has 0 aliphatic carbocycles. The van der Waals surface area contributed by atoms with Crippen LogP contribution in [0.3, 0.4) is 0 Å². The quantitative estimate of drug-likeness (QED) is 0.881. The number of rotatable bonds is 2. The average Bonchev–Trinajstić information content (AvgIpc) is 3.00. The van der Waals surface area contributed by atoms with Gasteiger partial charge in [0, 0.05) is 18.4 Å². The van der Waals surface area contributed by atoms with E-state index in [1.54, 1.807) is 23.0 Å². The number of aromatic nitrogens is 2. The van der Waals surface area contributed by atoms with Crippen LogP contribution in [0.2, 0.25) is 0 Å². The third-order valence-corrected chi connectivity index (χ3v) is 3.52. The van der Waals surface area contributed by atoms with Crippen molar-refractivity contribution in [2.45, 2.75) is 25.8 Å². The molecule has 2 heterocycles. The molecule has 1 atom stereocenters. The van der Waals surface area contributed by atoms with Crippen LogP contribution >= 0.6 is 0 Å². The molecule has 0 amide bonds. The first-order valence-corrected chi connectivity index (χ1v) is 6.29. The molecule has 18 heavy (non-hydrogen) atoms. The SMILES string of the molecule is Cc1nccn1-c1ccc(C2CCCN2)cc1F.